The van der Waals surface area contributed by atoms with Crippen LogP contribution < -0.4 is 10.6 Å². The van der Waals surface area contributed by atoms with Gasteiger partial charge in [0, 0.05) is 24.7 Å². The maximum Gasteiger partial charge on any atom is 0.317 e. The third-order valence-electron chi connectivity index (χ3n) is 5.48. The minimum absolute atomic E-state index is 0.0758. The van der Waals surface area contributed by atoms with Crippen LogP contribution in [0.4, 0.5) is 4.79 Å². The first-order valence-corrected chi connectivity index (χ1v) is 10.1. The lowest BCUT2D eigenvalue weighted by molar-refractivity contribution is -0.139. The van der Waals surface area contributed by atoms with E-state index in [1.165, 1.54) is 12.8 Å². The van der Waals surface area contributed by atoms with Crippen molar-refractivity contribution in [3.63, 3.8) is 0 Å². The van der Waals surface area contributed by atoms with Crippen LogP contribution >= 0.6 is 0 Å². The zero-order valence-corrected chi connectivity index (χ0v) is 16.5. The highest BCUT2D eigenvalue weighted by Gasteiger charge is 2.35. The number of nitrogens with zero attached hydrogens (tertiary/aromatic N) is 2. The molecule has 1 atom stereocenters. The van der Waals surface area contributed by atoms with Gasteiger partial charge < -0.3 is 20.6 Å². The molecule has 26 heavy (non-hydrogen) atoms. The van der Waals surface area contributed by atoms with Crippen LogP contribution in [0.1, 0.15) is 52.9 Å². The Morgan fingerprint density at radius 1 is 1.23 bits per heavy atom. The van der Waals surface area contributed by atoms with Crippen molar-refractivity contribution in [2.75, 3.05) is 32.7 Å². The highest BCUT2D eigenvalue weighted by Crippen LogP contribution is 2.25. The second-order valence-corrected chi connectivity index (χ2v) is 8.23. The molecule has 3 N–H and O–H groups in total. The van der Waals surface area contributed by atoms with Gasteiger partial charge in [-0.25, -0.2) is 4.79 Å². The van der Waals surface area contributed by atoms with Gasteiger partial charge >= 0.3 is 12.0 Å². The summed E-state index contributed by atoms with van der Waals surface area (Å²) in [5.41, 5.74) is 0. The van der Waals surface area contributed by atoms with Crippen molar-refractivity contribution in [1.29, 1.82) is 0 Å². The van der Waals surface area contributed by atoms with E-state index in [1.54, 1.807) is 0 Å². The second kappa shape index (κ2) is 10.1. The largest absolute Gasteiger partial charge is 0.480 e. The number of carboxylic acid groups (broad SMARTS) is 1. The Morgan fingerprint density at radius 3 is 2.42 bits per heavy atom. The molecule has 1 aliphatic carbocycles. The molecule has 0 aromatic heterocycles. The number of carbonyl (C=O) groups is 2. The second-order valence-electron chi connectivity index (χ2n) is 8.23. The fraction of sp³-hybridized carbons (Fsp3) is 0.895. The maximum atomic E-state index is 12.4. The average Bonchev–Trinajstić information content (AvgIpc) is 3.00. The van der Waals surface area contributed by atoms with E-state index in [1.807, 2.05) is 11.8 Å². The molecule has 0 spiro atoms. The summed E-state index contributed by atoms with van der Waals surface area (Å²) in [7, 11) is 0. The number of amides is 2. The van der Waals surface area contributed by atoms with Gasteiger partial charge in [0.1, 0.15) is 0 Å². The number of likely N-dealkylation sites (N-methyl/N-ethyl adjacent to an activating group) is 1. The summed E-state index contributed by atoms with van der Waals surface area (Å²) < 4.78 is 0. The summed E-state index contributed by atoms with van der Waals surface area (Å²) in [5, 5.41) is 15.2. The van der Waals surface area contributed by atoms with Crippen LogP contribution in [-0.4, -0.2) is 77.8 Å². The van der Waals surface area contributed by atoms with Crippen molar-refractivity contribution in [1.82, 2.24) is 20.4 Å². The first-order chi connectivity index (χ1) is 12.4. The summed E-state index contributed by atoms with van der Waals surface area (Å²) in [6.07, 6.45) is 5.16. The zero-order chi connectivity index (χ0) is 19.1. The van der Waals surface area contributed by atoms with Gasteiger partial charge in [0.15, 0.2) is 0 Å². The number of urea groups is 1. The molecule has 0 bridgehead atoms. The van der Waals surface area contributed by atoms with Gasteiger partial charge in [-0.1, -0.05) is 20.8 Å². The van der Waals surface area contributed by atoms with Gasteiger partial charge in [-0.3, -0.25) is 9.69 Å². The molecule has 1 saturated heterocycles. The summed E-state index contributed by atoms with van der Waals surface area (Å²) >= 11 is 0. The van der Waals surface area contributed by atoms with Gasteiger partial charge in [0.25, 0.3) is 0 Å². The summed E-state index contributed by atoms with van der Waals surface area (Å²) in [6, 6.07) is 0.509. The number of likely N-dealkylation sites (tertiary alicyclic amines) is 1. The molecule has 2 fully saturated rings. The third-order valence-corrected chi connectivity index (χ3v) is 5.48. The van der Waals surface area contributed by atoms with Crippen LogP contribution in [-0.2, 0) is 4.79 Å². The van der Waals surface area contributed by atoms with E-state index >= 15 is 0 Å². The van der Waals surface area contributed by atoms with Gasteiger partial charge in [-0.15, -0.1) is 0 Å². The molecule has 2 amide bonds. The van der Waals surface area contributed by atoms with Crippen LogP contribution in [0.3, 0.4) is 0 Å². The summed E-state index contributed by atoms with van der Waals surface area (Å²) in [5.74, 6) is -0.246. The molecule has 1 saturated carbocycles. The Hall–Kier alpha value is -1.34. The van der Waals surface area contributed by atoms with Crippen molar-refractivity contribution in [3.05, 3.63) is 0 Å². The van der Waals surface area contributed by atoms with E-state index in [-0.39, 0.29) is 30.7 Å². The highest BCUT2D eigenvalue weighted by atomic mass is 16.4. The Labute approximate surface area is 157 Å². The monoisotopic (exact) mass is 368 g/mol. The van der Waals surface area contributed by atoms with Crippen molar-refractivity contribution in [3.8, 4) is 0 Å². The van der Waals surface area contributed by atoms with E-state index in [4.69, 9.17) is 5.11 Å². The predicted octanol–water partition coefficient (Wildman–Crippen LogP) is 1.73. The number of rotatable bonds is 10. The topological polar surface area (TPSA) is 84.9 Å². The highest BCUT2D eigenvalue weighted by molar-refractivity contribution is 5.74. The Balaban J connectivity index is 1.73. The molecule has 2 rings (SSSR count). The number of carboxylic acids is 1. The zero-order valence-electron chi connectivity index (χ0n) is 16.5. The third kappa shape index (κ3) is 6.76. The van der Waals surface area contributed by atoms with Crippen molar-refractivity contribution in [2.24, 2.45) is 5.92 Å². The van der Waals surface area contributed by atoms with Crippen LogP contribution in [0.2, 0.25) is 0 Å². The number of carbonyl (C=O) groups excluding carboxylic acids is 1. The Kier molecular flexibility index (Phi) is 8.15. The van der Waals surface area contributed by atoms with E-state index in [0.717, 1.165) is 45.4 Å². The first kappa shape index (κ1) is 21.0. The van der Waals surface area contributed by atoms with Crippen LogP contribution in [0.15, 0.2) is 0 Å². The molecular formula is C19H36N4O3. The Morgan fingerprint density at radius 2 is 1.88 bits per heavy atom. The summed E-state index contributed by atoms with van der Waals surface area (Å²) in [4.78, 5) is 27.7. The Bertz CT molecular complexity index is 460. The van der Waals surface area contributed by atoms with Gasteiger partial charge in [-0.05, 0) is 57.7 Å². The van der Waals surface area contributed by atoms with Crippen LogP contribution in [0.5, 0.6) is 0 Å². The normalized spacial score (nSPS) is 24.5. The van der Waals surface area contributed by atoms with Crippen molar-refractivity contribution < 1.29 is 14.7 Å². The van der Waals surface area contributed by atoms with E-state index in [0.29, 0.717) is 5.92 Å². The van der Waals surface area contributed by atoms with E-state index < -0.39 is 5.97 Å². The number of hydrogen-bond acceptors (Lipinski definition) is 4. The molecule has 7 heteroatoms. The average molecular weight is 369 g/mol. The smallest absolute Gasteiger partial charge is 0.317 e. The van der Waals surface area contributed by atoms with Crippen molar-refractivity contribution >= 4 is 12.0 Å². The minimum atomic E-state index is -0.792. The molecule has 2 aliphatic rings. The molecule has 0 aromatic rings. The van der Waals surface area contributed by atoms with Gasteiger partial charge in [0.05, 0.1) is 6.54 Å². The fourth-order valence-electron chi connectivity index (χ4n) is 4.11. The lowest BCUT2D eigenvalue weighted by Crippen LogP contribution is -2.57. The molecule has 1 heterocycles. The van der Waals surface area contributed by atoms with Crippen LogP contribution in [0, 0.1) is 5.92 Å². The molecule has 0 unspecified atom stereocenters. The lowest BCUT2D eigenvalue weighted by atomic mass is 9.85. The SMILES string of the molecule is CCN(CC(=O)O)C1CC(NC(=O)N[C@@H](CC(C)C)CN2CCCC2)C1. The number of nitrogens with one attached hydrogen (secondary N) is 2. The van der Waals surface area contributed by atoms with Crippen LogP contribution in [0.25, 0.3) is 0 Å². The fourth-order valence-corrected chi connectivity index (χ4v) is 4.11. The van der Waals surface area contributed by atoms with Crippen molar-refractivity contribution in [2.45, 2.75) is 71.0 Å². The quantitative estimate of drug-likeness (QED) is 0.547. The predicted molar refractivity (Wildman–Crippen MR) is 102 cm³/mol. The summed E-state index contributed by atoms with van der Waals surface area (Å²) in [6.45, 7) is 10.4. The lowest BCUT2D eigenvalue weighted by Gasteiger charge is -2.42. The molecule has 150 valence electrons. The standard InChI is InChI=1S/C19H36N4O3/c1-4-23(13-18(24)25)17-10-15(11-17)20-19(26)21-16(9-14(2)3)12-22-7-5-6-8-22/h14-17H,4-13H2,1-3H3,(H,24,25)(H2,20,21,26)/t15?,16-,17?/m0/s1. The van der Waals surface area contributed by atoms with Gasteiger partial charge in [0.2, 0.25) is 0 Å². The molecular weight excluding hydrogens is 332 g/mol. The molecule has 0 radical (unpaired) electrons. The number of aliphatic carboxylic acids is 1. The maximum absolute atomic E-state index is 12.4. The first-order valence-electron chi connectivity index (χ1n) is 10.1. The minimum Gasteiger partial charge on any atom is -0.480 e. The molecule has 0 aromatic carbocycles. The van der Waals surface area contributed by atoms with E-state index in [2.05, 4.69) is 29.4 Å². The van der Waals surface area contributed by atoms with E-state index in [9.17, 15) is 9.59 Å². The number of hydrogen-bond donors (Lipinski definition) is 3. The molecule has 1 aliphatic heterocycles. The molecule has 7 nitrogen and oxygen atoms in total. The van der Waals surface area contributed by atoms with Gasteiger partial charge in [-0.2, -0.15) is 0 Å².